The highest BCUT2D eigenvalue weighted by atomic mass is 32.2. The van der Waals surface area contributed by atoms with Crippen LogP contribution >= 0.6 is 12.0 Å². The SMILES string of the molecule is OSc1cccc2c3[nH]c(c12)N=c1[nH]c(c2ccccc12)=Nc1[nH]c(c2ccccc12)N=c1[nH]c(c2ccccc12)=N3. The first-order chi connectivity index (χ1) is 20.7. The van der Waals surface area contributed by atoms with Crippen LogP contribution in [0.4, 0.5) is 23.3 Å². The first-order valence-corrected chi connectivity index (χ1v) is 14.2. The molecule has 0 atom stereocenters. The van der Waals surface area contributed by atoms with Gasteiger partial charge < -0.3 is 24.5 Å². The molecule has 0 radical (unpaired) electrons. The Labute approximate surface area is 240 Å². The molecule has 42 heavy (non-hydrogen) atoms. The molecule has 0 aliphatic carbocycles. The molecule has 8 bridgehead atoms. The van der Waals surface area contributed by atoms with E-state index in [4.69, 9.17) is 20.0 Å². The van der Waals surface area contributed by atoms with Crippen LogP contribution in [0, 0.1) is 0 Å². The van der Waals surface area contributed by atoms with Crippen molar-refractivity contribution in [3.63, 3.8) is 0 Å². The summed E-state index contributed by atoms with van der Waals surface area (Å²) in [6.45, 7) is 0. The summed E-state index contributed by atoms with van der Waals surface area (Å²) >= 11 is 0.692. The van der Waals surface area contributed by atoms with Crippen molar-refractivity contribution >= 4 is 78.4 Å². The molecule has 5 N–H and O–H groups in total. The summed E-state index contributed by atoms with van der Waals surface area (Å²) in [6.07, 6.45) is 0. The highest BCUT2D eigenvalue weighted by Gasteiger charge is 2.16. The minimum atomic E-state index is 0.583. The maximum absolute atomic E-state index is 10.2. The van der Waals surface area contributed by atoms with Crippen LogP contribution < -0.4 is 22.0 Å². The van der Waals surface area contributed by atoms with Gasteiger partial charge in [0, 0.05) is 60.0 Å². The van der Waals surface area contributed by atoms with Crippen molar-refractivity contribution in [2.75, 3.05) is 0 Å². The topological polar surface area (TPSA) is 133 Å². The van der Waals surface area contributed by atoms with Crippen molar-refractivity contribution in [1.82, 2.24) is 19.9 Å². The van der Waals surface area contributed by atoms with Gasteiger partial charge in [0.2, 0.25) is 0 Å². The monoisotopic (exact) mass is 564 g/mol. The van der Waals surface area contributed by atoms with Gasteiger partial charge in [-0.15, -0.1) is 0 Å². The number of benzene rings is 4. The Morgan fingerprint density at radius 3 is 1.26 bits per heavy atom. The number of hydrogen-bond acceptors (Lipinski definition) is 6. The van der Waals surface area contributed by atoms with Gasteiger partial charge in [0.25, 0.3) is 0 Å². The van der Waals surface area contributed by atoms with E-state index in [2.05, 4.69) is 19.9 Å². The van der Waals surface area contributed by atoms with Crippen LogP contribution in [0.15, 0.2) is 116 Å². The van der Waals surface area contributed by atoms with Crippen molar-refractivity contribution in [1.29, 1.82) is 0 Å². The van der Waals surface area contributed by atoms with E-state index in [0.717, 1.165) is 43.1 Å². The van der Waals surface area contributed by atoms with Crippen molar-refractivity contribution in [3.8, 4) is 0 Å². The zero-order valence-corrected chi connectivity index (χ0v) is 22.6. The lowest BCUT2D eigenvalue weighted by molar-refractivity contribution is 0.664. The summed E-state index contributed by atoms with van der Waals surface area (Å²) in [7, 11) is 0. The van der Waals surface area contributed by atoms with Crippen molar-refractivity contribution in [2.45, 2.75) is 4.90 Å². The molecule has 1 aliphatic heterocycles. The van der Waals surface area contributed by atoms with Gasteiger partial charge in [-0.05, 0) is 6.07 Å². The predicted octanol–water partition coefficient (Wildman–Crippen LogP) is 6.30. The van der Waals surface area contributed by atoms with Crippen molar-refractivity contribution < 1.29 is 4.55 Å². The molecule has 9 nitrogen and oxygen atoms in total. The summed E-state index contributed by atoms with van der Waals surface area (Å²) in [5, 5.41) is 7.31. The summed E-state index contributed by atoms with van der Waals surface area (Å²) in [6, 6.07) is 29.9. The third kappa shape index (κ3) is 3.36. The van der Waals surface area contributed by atoms with Gasteiger partial charge in [0.15, 0.2) is 0 Å². The third-order valence-corrected chi connectivity index (χ3v) is 8.31. The van der Waals surface area contributed by atoms with Crippen LogP contribution in [-0.2, 0) is 0 Å². The fraction of sp³-hybridized carbons (Fsp3) is 0. The second-order valence-corrected chi connectivity index (χ2v) is 10.8. The maximum Gasteiger partial charge on any atom is 0.143 e. The first kappa shape index (κ1) is 23.3. The Morgan fingerprint density at radius 2 is 0.786 bits per heavy atom. The Balaban J connectivity index is 1.51. The number of hydrogen-bond donors (Lipinski definition) is 5. The Kier molecular flexibility index (Phi) is 4.86. The molecule has 0 saturated carbocycles. The Hall–Kier alpha value is -5.45. The van der Waals surface area contributed by atoms with Crippen LogP contribution in [-0.4, -0.2) is 24.5 Å². The average molecular weight is 565 g/mol. The Morgan fingerprint density at radius 1 is 0.405 bits per heavy atom. The first-order valence-electron chi connectivity index (χ1n) is 13.4. The summed E-state index contributed by atoms with van der Waals surface area (Å²) in [5.74, 6) is 2.61. The van der Waals surface area contributed by atoms with Crippen LogP contribution in [0.25, 0.3) is 43.1 Å². The molecule has 0 fully saturated rings. The number of aromatic nitrogens is 4. The third-order valence-electron chi connectivity index (χ3n) is 7.77. The number of aromatic amines is 4. The fourth-order valence-electron chi connectivity index (χ4n) is 5.87. The lowest BCUT2D eigenvalue weighted by Crippen LogP contribution is -2.10. The maximum atomic E-state index is 10.2. The smallest absolute Gasteiger partial charge is 0.143 e. The van der Waals surface area contributed by atoms with E-state index in [1.807, 2.05) is 91.0 Å². The highest BCUT2D eigenvalue weighted by Crippen LogP contribution is 2.39. The van der Waals surface area contributed by atoms with Gasteiger partial charge in [0.05, 0.1) is 0 Å². The molecule has 0 saturated heterocycles. The molecule has 0 spiro atoms. The summed E-state index contributed by atoms with van der Waals surface area (Å²) in [4.78, 5) is 34.8. The molecular formula is C32H20N8OS. The number of fused-ring (bicyclic) bond motifs is 20. The van der Waals surface area contributed by atoms with Crippen LogP contribution in [0.3, 0.4) is 0 Å². The number of rotatable bonds is 1. The van der Waals surface area contributed by atoms with Crippen LogP contribution in [0.2, 0.25) is 0 Å². The lowest BCUT2D eigenvalue weighted by atomic mass is 10.2. The van der Waals surface area contributed by atoms with E-state index < -0.39 is 0 Å². The molecule has 1 aliphatic rings. The van der Waals surface area contributed by atoms with Gasteiger partial charge in [-0.1, -0.05) is 84.9 Å². The quantitative estimate of drug-likeness (QED) is 0.150. The number of nitrogens with zero attached hydrogens (tertiary/aromatic N) is 4. The summed E-state index contributed by atoms with van der Waals surface area (Å²) < 4.78 is 10.2. The van der Waals surface area contributed by atoms with E-state index in [1.165, 1.54) is 0 Å². The molecule has 9 rings (SSSR count). The fourth-order valence-corrected chi connectivity index (χ4v) is 6.31. The van der Waals surface area contributed by atoms with Crippen molar-refractivity contribution in [3.05, 3.63) is 113 Å². The molecule has 8 aromatic rings. The molecule has 200 valence electrons. The van der Waals surface area contributed by atoms with Crippen LogP contribution in [0.5, 0.6) is 0 Å². The minimum absolute atomic E-state index is 0.583. The average Bonchev–Trinajstić information content (AvgIpc) is 3.76. The van der Waals surface area contributed by atoms with E-state index >= 15 is 0 Å². The zero-order valence-electron chi connectivity index (χ0n) is 21.8. The largest absolute Gasteiger partial charge is 0.325 e. The normalized spacial score (nSPS) is 12.8. The van der Waals surface area contributed by atoms with E-state index in [9.17, 15) is 4.55 Å². The van der Waals surface area contributed by atoms with E-state index in [0.29, 0.717) is 62.2 Å². The number of nitrogens with one attached hydrogen (secondary N) is 4. The molecular weight excluding hydrogens is 544 g/mol. The van der Waals surface area contributed by atoms with Crippen LogP contribution in [0.1, 0.15) is 0 Å². The van der Waals surface area contributed by atoms with E-state index in [1.54, 1.807) is 0 Å². The molecule has 10 heteroatoms. The second-order valence-electron chi connectivity index (χ2n) is 10.1. The lowest BCUT2D eigenvalue weighted by Gasteiger charge is -1.98. The highest BCUT2D eigenvalue weighted by molar-refractivity contribution is 7.94. The molecule has 4 aromatic heterocycles. The molecule has 5 heterocycles. The van der Waals surface area contributed by atoms with Gasteiger partial charge in [0.1, 0.15) is 45.2 Å². The Bertz CT molecular complexity index is 2630. The molecule has 0 unspecified atom stereocenters. The number of H-pyrrole nitrogens is 4. The van der Waals surface area contributed by atoms with Gasteiger partial charge in [-0.2, -0.15) is 0 Å². The van der Waals surface area contributed by atoms with Gasteiger partial charge in [-0.3, -0.25) is 0 Å². The van der Waals surface area contributed by atoms with Gasteiger partial charge in [-0.25, -0.2) is 20.0 Å². The second kappa shape index (κ2) is 8.77. The summed E-state index contributed by atoms with van der Waals surface area (Å²) in [5.41, 5.74) is 2.69. The van der Waals surface area contributed by atoms with E-state index in [-0.39, 0.29) is 0 Å². The molecule has 0 amide bonds. The standard InChI is InChI=1S/C32H20N8OS/c41-42-23-15-7-14-22-24(23)32-39-30-21-13-6-5-12-20(21)28(37-30)35-26-17-9-2-1-8-16(17)25(33-26)34-27-18-10-3-4-11-19(18)29(36-27)38-31(22)40-32/h1-15,41H,(H4,33,34,35,36,37,38,39,40). The molecule has 4 aromatic carbocycles. The van der Waals surface area contributed by atoms with Gasteiger partial charge >= 0.3 is 0 Å². The predicted molar refractivity (Wildman–Crippen MR) is 165 cm³/mol. The zero-order chi connectivity index (χ0) is 27.8. The minimum Gasteiger partial charge on any atom is -0.325 e. The van der Waals surface area contributed by atoms with Crippen molar-refractivity contribution in [2.24, 2.45) is 20.0 Å².